The second-order valence-corrected chi connectivity index (χ2v) is 14.0. The standard InChI is InChI=1S/C25H34ClN3O7S2/c1-18-12-23(6-7-24(18)26)38(33,34)29-10-8-25(9-11-29)14-19(16-36-25)28-15-20(30)17-35-21-4-3-5-22(13-21)37(31,32)27-2/h3-7,12-13,19-20,27-28,30H,8-11,14-17H2,1-2H3. The second-order valence-electron chi connectivity index (χ2n) is 9.77. The van der Waals surface area contributed by atoms with Gasteiger partial charge in [-0.1, -0.05) is 17.7 Å². The molecule has 2 unspecified atom stereocenters. The number of nitrogens with one attached hydrogen (secondary N) is 2. The Kier molecular flexibility index (Phi) is 9.05. The topological polar surface area (TPSA) is 134 Å². The number of sulfonamides is 2. The van der Waals surface area contributed by atoms with Crippen molar-refractivity contribution in [2.75, 3.05) is 39.9 Å². The Morgan fingerprint density at radius 1 is 1.16 bits per heavy atom. The zero-order valence-corrected chi connectivity index (χ0v) is 23.8. The lowest BCUT2D eigenvalue weighted by atomic mass is 9.88. The molecule has 4 rings (SSSR count). The first-order chi connectivity index (χ1) is 17.9. The molecule has 2 heterocycles. The normalized spacial score (nSPS) is 21.0. The third-order valence-corrected chi connectivity index (χ3v) is 10.8. The third-order valence-electron chi connectivity index (χ3n) is 7.08. The number of rotatable bonds is 10. The minimum Gasteiger partial charge on any atom is -0.491 e. The van der Waals surface area contributed by atoms with Gasteiger partial charge in [-0.2, -0.15) is 4.31 Å². The molecule has 2 aliphatic rings. The van der Waals surface area contributed by atoms with Crippen molar-refractivity contribution in [1.29, 1.82) is 0 Å². The van der Waals surface area contributed by atoms with Crippen molar-refractivity contribution in [3.63, 3.8) is 0 Å². The quantitative estimate of drug-likeness (QED) is 0.384. The molecule has 210 valence electrons. The van der Waals surface area contributed by atoms with Crippen LogP contribution in [-0.4, -0.2) is 83.9 Å². The Hall–Kier alpha value is -1.77. The summed E-state index contributed by atoms with van der Waals surface area (Å²) >= 11 is 6.05. The molecule has 2 aromatic rings. The Morgan fingerprint density at radius 2 is 1.89 bits per heavy atom. The average molecular weight is 588 g/mol. The summed E-state index contributed by atoms with van der Waals surface area (Å²) in [7, 11) is -5.85. The van der Waals surface area contributed by atoms with Gasteiger partial charge in [0, 0.05) is 36.8 Å². The number of benzene rings is 2. The van der Waals surface area contributed by atoms with Crippen LogP contribution in [0, 0.1) is 6.92 Å². The van der Waals surface area contributed by atoms with E-state index in [9.17, 15) is 21.9 Å². The number of piperidine rings is 1. The van der Waals surface area contributed by atoms with E-state index in [0.717, 1.165) is 12.0 Å². The highest BCUT2D eigenvalue weighted by Crippen LogP contribution is 2.37. The van der Waals surface area contributed by atoms with Crippen molar-refractivity contribution in [3.8, 4) is 5.75 Å². The fraction of sp³-hybridized carbons (Fsp3) is 0.520. The van der Waals surface area contributed by atoms with E-state index in [1.807, 2.05) is 0 Å². The number of nitrogens with zero attached hydrogens (tertiary/aromatic N) is 1. The molecule has 2 aromatic carbocycles. The molecule has 2 atom stereocenters. The summed E-state index contributed by atoms with van der Waals surface area (Å²) in [5.41, 5.74) is 0.331. The van der Waals surface area contributed by atoms with Crippen LogP contribution in [0.3, 0.4) is 0 Å². The molecule has 0 radical (unpaired) electrons. The van der Waals surface area contributed by atoms with Gasteiger partial charge in [0.2, 0.25) is 20.0 Å². The predicted molar refractivity (Wildman–Crippen MR) is 143 cm³/mol. The molecule has 10 nitrogen and oxygen atoms in total. The maximum absolute atomic E-state index is 13.1. The van der Waals surface area contributed by atoms with E-state index in [-0.39, 0.29) is 34.6 Å². The molecule has 1 spiro atoms. The molecule has 3 N–H and O–H groups in total. The fourth-order valence-corrected chi connectivity index (χ4v) is 7.20. The Morgan fingerprint density at radius 3 is 2.58 bits per heavy atom. The highest BCUT2D eigenvalue weighted by molar-refractivity contribution is 7.89. The largest absolute Gasteiger partial charge is 0.491 e. The van der Waals surface area contributed by atoms with Crippen LogP contribution < -0.4 is 14.8 Å². The monoisotopic (exact) mass is 587 g/mol. The van der Waals surface area contributed by atoms with E-state index in [1.165, 1.54) is 29.6 Å². The highest BCUT2D eigenvalue weighted by atomic mass is 35.5. The number of hydrogen-bond donors (Lipinski definition) is 3. The number of aliphatic hydroxyl groups is 1. The lowest BCUT2D eigenvalue weighted by Crippen LogP contribution is -2.47. The maximum atomic E-state index is 13.1. The van der Waals surface area contributed by atoms with Gasteiger partial charge in [-0.05, 0) is 69.1 Å². The van der Waals surface area contributed by atoms with Crippen molar-refractivity contribution in [3.05, 3.63) is 53.1 Å². The van der Waals surface area contributed by atoms with Gasteiger partial charge in [-0.15, -0.1) is 0 Å². The predicted octanol–water partition coefficient (Wildman–Crippen LogP) is 1.90. The minimum absolute atomic E-state index is 0.00817. The molecule has 0 aliphatic carbocycles. The lowest BCUT2D eigenvalue weighted by molar-refractivity contribution is -0.0312. The summed E-state index contributed by atoms with van der Waals surface area (Å²) < 4.78 is 65.6. The molecule has 0 bridgehead atoms. The molecule has 2 fully saturated rings. The van der Waals surface area contributed by atoms with Gasteiger partial charge in [0.05, 0.1) is 22.0 Å². The van der Waals surface area contributed by atoms with Gasteiger partial charge in [0.1, 0.15) is 18.5 Å². The molecule has 0 saturated carbocycles. The zero-order valence-electron chi connectivity index (χ0n) is 21.4. The van der Waals surface area contributed by atoms with Gasteiger partial charge in [-0.25, -0.2) is 21.6 Å². The van der Waals surface area contributed by atoms with Crippen LogP contribution in [0.4, 0.5) is 0 Å². The van der Waals surface area contributed by atoms with Crippen LogP contribution >= 0.6 is 11.6 Å². The molecule has 2 saturated heterocycles. The van der Waals surface area contributed by atoms with Crippen LogP contribution in [0.25, 0.3) is 0 Å². The smallest absolute Gasteiger partial charge is 0.243 e. The van der Waals surface area contributed by atoms with E-state index < -0.39 is 26.2 Å². The van der Waals surface area contributed by atoms with E-state index in [4.69, 9.17) is 21.1 Å². The first kappa shape index (κ1) is 29.2. The van der Waals surface area contributed by atoms with Crippen molar-refractivity contribution in [2.45, 2.75) is 53.7 Å². The molecule has 38 heavy (non-hydrogen) atoms. The summed E-state index contributed by atoms with van der Waals surface area (Å²) in [5.74, 6) is 0.346. The van der Waals surface area contributed by atoms with Gasteiger partial charge >= 0.3 is 0 Å². The minimum atomic E-state index is -3.60. The zero-order chi connectivity index (χ0) is 27.6. The summed E-state index contributed by atoms with van der Waals surface area (Å²) in [6, 6.07) is 10.8. The van der Waals surface area contributed by atoms with E-state index in [0.29, 0.717) is 43.3 Å². The third kappa shape index (κ3) is 6.68. The first-order valence-corrected chi connectivity index (χ1v) is 15.7. The highest BCUT2D eigenvalue weighted by Gasteiger charge is 2.44. The van der Waals surface area contributed by atoms with Crippen molar-refractivity contribution in [2.24, 2.45) is 0 Å². The molecule has 0 aromatic heterocycles. The van der Waals surface area contributed by atoms with Gasteiger partial charge in [-0.3, -0.25) is 0 Å². The summed E-state index contributed by atoms with van der Waals surface area (Å²) in [5, 5.41) is 14.2. The van der Waals surface area contributed by atoms with Gasteiger partial charge < -0.3 is 19.9 Å². The Balaban J connectivity index is 1.23. The Bertz CT molecular complexity index is 1350. The maximum Gasteiger partial charge on any atom is 0.243 e. The van der Waals surface area contributed by atoms with Crippen molar-refractivity contribution >= 4 is 31.6 Å². The summed E-state index contributed by atoms with van der Waals surface area (Å²) in [4.78, 5) is 0.328. The van der Waals surface area contributed by atoms with Crippen LogP contribution in [0.15, 0.2) is 52.3 Å². The van der Waals surface area contributed by atoms with E-state index >= 15 is 0 Å². The van der Waals surface area contributed by atoms with Crippen LogP contribution in [0.2, 0.25) is 5.02 Å². The molecular weight excluding hydrogens is 554 g/mol. The van der Waals surface area contributed by atoms with Gasteiger partial charge in [0.25, 0.3) is 0 Å². The second kappa shape index (κ2) is 11.8. The molecule has 2 aliphatic heterocycles. The molecule has 13 heteroatoms. The van der Waals surface area contributed by atoms with Crippen LogP contribution in [0.1, 0.15) is 24.8 Å². The van der Waals surface area contributed by atoms with Crippen LogP contribution in [0.5, 0.6) is 5.75 Å². The lowest BCUT2D eigenvalue weighted by Gasteiger charge is -2.38. The average Bonchev–Trinajstić information content (AvgIpc) is 3.30. The van der Waals surface area contributed by atoms with Gasteiger partial charge in [0.15, 0.2) is 0 Å². The SMILES string of the molecule is CNS(=O)(=O)c1cccc(OCC(O)CNC2COC3(CCN(S(=O)(=O)c4ccc(Cl)c(C)c4)CC3)C2)c1. The molecular formula is C25H34ClN3O7S2. The van der Waals surface area contributed by atoms with Crippen LogP contribution in [-0.2, 0) is 24.8 Å². The number of aryl methyl sites for hydroxylation is 1. The van der Waals surface area contributed by atoms with Crippen molar-refractivity contribution in [1.82, 2.24) is 14.3 Å². The number of halogens is 1. The van der Waals surface area contributed by atoms with E-state index in [1.54, 1.807) is 31.2 Å². The Labute approximate surface area is 229 Å². The molecule has 0 amide bonds. The summed E-state index contributed by atoms with van der Waals surface area (Å²) in [6.45, 7) is 3.26. The fourth-order valence-electron chi connectivity index (χ4n) is 4.79. The number of ether oxygens (including phenoxy) is 2. The number of aliphatic hydroxyl groups excluding tert-OH is 1. The first-order valence-electron chi connectivity index (χ1n) is 12.4. The summed E-state index contributed by atoms with van der Waals surface area (Å²) in [6.07, 6.45) is 1.09. The van der Waals surface area contributed by atoms with Crippen molar-refractivity contribution < 1.29 is 31.4 Å². The number of hydrogen-bond acceptors (Lipinski definition) is 8. The van der Waals surface area contributed by atoms with E-state index in [2.05, 4.69) is 10.0 Å².